The van der Waals surface area contributed by atoms with E-state index in [0.717, 1.165) is 0 Å². The van der Waals surface area contributed by atoms with Gasteiger partial charge in [-0.3, -0.25) is 0 Å². The molecule has 2 nitrogen and oxygen atoms in total. The molecule has 1 aliphatic carbocycles. The van der Waals surface area contributed by atoms with Crippen LogP contribution in [0.25, 0.3) is 0 Å². The highest BCUT2D eigenvalue weighted by Gasteiger charge is 2.60. The monoisotopic (exact) mass is 299 g/mol. The van der Waals surface area contributed by atoms with Crippen LogP contribution in [0.3, 0.4) is 0 Å². The van der Waals surface area contributed by atoms with E-state index in [0.29, 0.717) is 0 Å². The minimum Gasteiger partial charge on any atom is -0.159 e. The zero-order valence-electron chi connectivity index (χ0n) is 5.69. The van der Waals surface area contributed by atoms with Gasteiger partial charge in [0.25, 0.3) is 0 Å². The van der Waals surface area contributed by atoms with E-state index in [-0.39, 0.29) is 20.1 Å². The van der Waals surface area contributed by atoms with Gasteiger partial charge >= 0.3 is 12.6 Å². The highest BCUT2D eigenvalue weighted by atomic mass is 35.5. The fraction of sp³-hybridized carbons (Fsp3) is 0.200. The van der Waals surface area contributed by atoms with Gasteiger partial charge in [0.15, 0.2) is 0 Å². The van der Waals surface area contributed by atoms with Gasteiger partial charge in [-0.05, 0) is 16.2 Å². The van der Waals surface area contributed by atoms with Crippen molar-refractivity contribution in [3.63, 3.8) is 0 Å². The molecule has 72 valence electrons. The van der Waals surface area contributed by atoms with Gasteiger partial charge in [0.1, 0.15) is 10.1 Å². The van der Waals surface area contributed by atoms with Crippen LogP contribution in [-0.4, -0.2) is 9.51 Å². The normalized spacial score (nSPS) is 22.8. The Balaban J connectivity index is 3.39. The summed E-state index contributed by atoms with van der Waals surface area (Å²) in [5.41, 5.74) is 0. The van der Waals surface area contributed by atoms with E-state index in [9.17, 15) is 4.57 Å². The Hall–Kier alpha value is 0.990. The first kappa shape index (κ1) is 12.1. The van der Waals surface area contributed by atoms with Gasteiger partial charge in [-0.15, -0.1) is 0 Å². The summed E-state index contributed by atoms with van der Waals surface area (Å²) in [4.78, 5) is 8.91. The molecule has 8 heteroatoms. The van der Waals surface area contributed by atoms with Gasteiger partial charge in [0, 0.05) is 0 Å². The predicted octanol–water partition coefficient (Wildman–Crippen LogP) is 4.05. The van der Waals surface area contributed by atoms with E-state index < -0.39 is 12.6 Å². The Morgan fingerprint density at radius 3 is 1.54 bits per heavy atom. The first-order valence-corrected chi connectivity index (χ1v) is 5.90. The Kier molecular flexibility index (Phi) is 3.58. The maximum atomic E-state index is 10.9. The largest absolute Gasteiger partial charge is 0.540 e. The SMILES string of the molecule is O=[P+](O)C1(Cl)C(Cl)=C(Cl)C(Cl)=C1Cl. The summed E-state index contributed by atoms with van der Waals surface area (Å²) in [5, 5.41) is -0.648. The highest BCUT2D eigenvalue weighted by molar-refractivity contribution is 7.44. The Labute approximate surface area is 99.9 Å². The molecule has 0 spiro atoms. The van der Waals surface area contributed by atoms with Gasteiger partial charge in [-0.25, -0.2) is 0 Å². The molecule has 0 aromatic carbocycles. The maximum Gasteiger partial charge on any atom is 0.540 e. The first-order valence-electron chi connectivity index (χ1n) is 2.80. The second kappa shape index (κ2) is 3.86. The Bertz CT molecular complexity index is 323. The molecule has 1 rings (SSSR count). The van der Waals surface area contributed by atoms with Crippen molar-refractivity contribution in [1.29, 1.82) is 0 Å². The van der Waals surface area contributed by atoms with Crippen molar-refractivity contribution in [2.45, 2.75) is 4.62 Å². The molecule has 0 bridgehead atoms. The summed E-state index contributed by atoms with van der Waals surface area (Å²) < 4.78 is 9.01. The van der Waals surface area contributed by atoms with E-state index in [1.54, 1.807) is 0 Å². The van der Waals surface area contributed by atoms with Crippen LogP contribution in [0.5, 0.6) is 0 Å². The molecule has 0 radical (unpaired) electrons. The van der Waals surface area contributed by atoms with Gasteiger partial charge in [-0.1, -0.05) is 46.4 Å². The minimum absolute atomic E-state index is 0.0965. The van der Waals surface area contributed by atoms with Crippen LogP contribution in [-0.2, 0) is 4.57 Å². The van der Waals surface area contributed by atoms with Crippen molar-refractivity contribution in [3.8, 4) is 0 Å². The second-order valence-electron chi connectivity index (χ2n) is 2.15. The summed E-state index contributed by atoms with van der Waals surface area (Å²) in [7, 11) is -2.85. The summed E-state index contributed by atoms with van der Waals surface area (Å²) in [6.07, 6.45) is 0. The molecule has 1 aliphatic rings. The van der Waals surface area contributed by atoms with Crippen LogP contribution in [0.1, 0.15) is 0 Å². The number of hydrogen-bond donors (Lipinski definition) is 1. The molecule has 0 saturated carbocycles. The van der Waals surface area contributed by atoms with Gasteiger partial charge < -0.3 is 0 Å². The van der Waals surface area contributed by atoms with Crippen molar-refractivity contribution in [2.24, 2.45) is 0 Å². The average molecular weight is 301 g/mol. The van der Waals surface area contributed by atoms with Crippen molar-refractivity contribution in [3.05, 3.63) is 20.1 Å². The minimum atomic E-state index is -2.85. The van der Waals surface area contributed by atoms with E-state index in [1.807, 2.05) is 0 Å². The van der Waals surface area contributed by atoms with Crippen LogP contribution >= 0.6 is 66.0 Å². The molecule has 0 heterocycles. The number of halogens is 5. The first-order chi connectivity index (χ1) is 5.83. The third-order valence-corrected chi connectivity index (χ3v) is 5.66. The van der Waals surface area contributed by atoms with Gasteiger partial charge in [0.05, 0.1) is 10.1 Å². The molecule has 0 aromatic rings. The lowest BCUT2D eigenvalue weighted by Crippen LogP contribution is -2.14. The van der Waals surface area contributed by atoms with Gasteiger partial charge in [0.2, 0.25) is 0 Å². The third kappa shape index (κ3) is 1.63. The van der Waals surface area contributed by atoms with E-state index >= 15 is 0 Å². The second-order valence-corrected chi connectivity index (χ2v) is 5.71. The van der Waals surface area contributed by atoms with E-state index in [2.05, 4.69) is 0 Å². The number of allylic oxidation sites excluding steroid dienone is 4. The van der Waals surface area contributed by atoms with Crippen LogP contribution < -0.4 is 0 Å². The standard InChI is InChI=1S/C5Cl5O2P/c6-1-2(7)4(9)5(10,3(1)8)13(11)12/p+1. The Morgan fingerprint density at radius 1 is 1.08 bits per heavy atom. The quantitative estimate of drug-likeness (QED) is 0.586. The topological polar surface area (TPSA) is 37.3 Å². The fourth-order valence-corrected chi connectivity index (χ4v) is 3.15. The lowest BCUT2D eigenvalue weighted by molar-refractivity contribution is 0.496. The molecular weight excluding hydrogens is 300 g/mol. The molecular formula is C5HCl5O2P+. The molecule has 0 aromatic heterocycles. The summed E-state index contributed by atoms with van der Waals surface area (Å²) in [6, 6.07) is 0. The summed E-state index contributed by atoms with van der Waals surface area (Å²) in [6.45, 7) is 0. The molecule has 0 aliphatic heterocycles. The molecule has 0 saturated heterocycles. The average Bonchev–Trinajstić information content (AvgIpc) is 2.22. The summed E-state index contributed by atoms with van der Waals surface area (Å²) >= 11 is 28.1. The lowest BCUT2D eigenvalue weighted by atomic mass is 10.4. The third-order valence-electron chi connectivity index (χ3n) is 1.42. The predicted molar refractivity (Wildman–Crippen MR) is 55.9 cm³/mol. The fourth-order valence-electron chi connectivity index (χ4n) is 0.748. The van der Waals surface area contributed by atoms with Crippen LogP contribution in [0.2, 0.25) is 0 Å². The van der Waals surface area contributed by atoms with Crippen LogP contribution in [0.4, 0.5) is 0 Å². The van der Waals surface area contributed by atoms with Crippen LogP contribution in [0.15, 0.2) is 20.1 Å². The molecule has 0 amide bonds. The molecule has 0 fully saturated rings. The Morgan fingerprint density at radius 2 is 1.38 bits per heavy atom. The molecule has 13 heavy (non-hydrogen) atoms. The van der Waals surface area contributed by atoms with E-state index in [4.69, 9.17) is 62.9 Å². The van der Waals surface area contributed by atoms with Crippen molar-refractivity contribution >= 4 is 66.0 Å². The van der Waals surface area contributed by atoms with Crippen molar-refractivity contribution in [1.82, 2.24) is 0 Å². The smallest absolute Gasteiger partial charge is 0.159 e. The summed E-state index contributed by atoms with van der Waals surface area (Å²) in [5.74, 6) is 0. The maximum absolute atomic E-state index is 10.9. The zero-order valence-corrected chi connectivity index (χ0v) is 10.4. The van der Waals surface area contributed by atoms with E-state index in [1.165, 1.54) is 0 Å². The molecule has 1 atom stereocenters. The van der Waals surface area contributed by atoms with Crippen molar-refractivity contribution < 1.29 is 9.46 Å². The van der Waals surface area contributed by atoms with Crippen molar-refractivity contribution in [2.75, 3.05) is 0 Å². The van der Waals surface area contributed by atoms with Gasteiger partial charge in [-0.2, -0.15) is 4.89 Å². The number of alkyl halides is 1. The molecule has 1 N–H and O–H groups in total. The lowest BCUT2D eigenvalue weighted by Gasteiger charge is -2.06. The van der Waals surface area contributed by atoms with Crippen LogP contribution in [0, 0.1) is 0 Å². The molecule has 1 unspecified atom stereocenters. The zero-order chi connectivity index (χ0) is 10.4. The number of hydrogen-bond acceptors (Lipinski definition) is 1. The number of rotatable bonds is 1. The highest BCUT2D eigenvalue weighted by Crippen LogP contribution is 2.61.